The van der Waals surface area contributed by atoms with E-state index in [9.17, 15) is 4.79 Å². The number of methoxy groups -OCH3 is 1. The van der Waals surface area contributed by atoms with E-state index in [4.69, 9.17) is 9.26 Å². The van der Waals surface area contributed by atoms with Crippen LogP contribution in [0.2, 0.25) is 0 Å². The number of hydrogen-bond donors (Lipinski definition) is 1. The van der Waals surface area contributed by atoms with Crippen molar-refractivity contribution >= 4 is 11.8 Å². The molecule has 1 aromatic heterocycles. The van der Waals surface area contributed by atoms with Crippen molar-refractivity contribution in [1.29, 1.82) is 0 Å². The van der Waals surface area contributed by atoms with Crippen molar-refractivity contribution in [2.75, 3.05) is 12.4 Å². The number of benzene rings is 2. The summed E-state index contributed by atoms with van der Waals surface area (Å²) in [5.41, 5.74) is 3.81. The third-order valence-corrected chi connectivity index (χ3v) is 3.95. The summed E-state index contributed by atoms with van der Waals surface area (Å²) in [5.74, 6) is 0.945. The van der Waals surface area contributed by atoms with Crippen molar-refractivity contribution in [2.45, 2.75) is 19.8 Å². The number of nitrogens with one attached hydrogen (secondary N) is 1. The highest BCUT2D eigenvalue weighted by molar-refractivity contribution is 5.91. The predicted octanol–water partition coefficient (Wildman–Crippen LogP) is 4.09. The van der Waals surface area contributed by atoms with Crippen molar-refractivity contribution in [3.8, 4) is 17.0 Å². The summed E-state index contributed by atoms with van der Waals surface area (Å²) in [6, 6.07) is 17.2. The van der Waals surface area contributed by atoms with Crippen LogP contribution in [0.15, 0.2) is 59.1 Å². The Hall–Kier alpha value is -3.08. The van der Waals surface area contributed by atoms with Gasteiger partial charge in [-0.05, 0) is 29.7 Å². The minimum atomic E-state index is -0.158. The molecule has 1 amide bonds. The molecule has 0 fully saturated rings. The van der Waals surface area contributed by atoms with Gasteiger partial charge in [-0.25, -0.2) is 0 Å². The first-order valence-corrected chi connectivity index (χ1v) is 8.16. The van der Waals surface area contributed by atoms with Gasteiger partial charge in [0.15, 0.2) is 0 Å². The number of hydrogen-bond acceptors (Lipinski definition) is 4. The fourth-order valence-corrected chi connectivity index (χ4v) is 2.49. The molecule has 0 unspecified atom stereocenters. The lowest BCUT2D eigenvalue weighted by Crippen LogP contribution is -2.13. The summed E-state index contributed by atoms with van der Waals surface area (Å²) in [6.07, 6.45) is 1.25. The van der Waals surface area contributed by atoms with E-state index < -0.39 is 0 Å². The molecule has 128 valence electrons. The molecule has 5 heteroatoms. The smallest absolute Gasteiger partial charge is 0.231 e. The fourth-order valence-electron chi connectivity index (χ4n) is 2.49. The van der Waals surface area contributed by atoms with Crippen LogP contribution < -0.4 is 10.1 Å². The van der Waals surface area contributed by atoms with Gasteiger partial charge in [0.1, 0.15) is 11.4 Å². The zero-order chi connectivity index (χ0) is 17.6. The van der Waals surface area contributed by atoms with Gasteiger partial charge in [-0.1, -0.05) is 48.5 Å². The Labute approximate surface area is 146 Å². The van der Waals surface area contributed by atoms with Crippen LogP contribution in [0.25, 0.3) is 11.3 Å². The van der Waals surface area contributed by atoms with Crippen molar-refractivity contribution < 1.29 is 14.1 Å². The SMILES string of the molecule is CCc1ccc(-c2cc(NC(=O)Cc3ccc(OC)cc3)on2)cc1. The highest BCUT2D eigenvalue weighted by Gasteiger charge is 2.10. The topological polar surface area (TPSA) is 64.4 Å². The first-order valence-electron chi connectivity index (χ1n) is 8.16. The quantitative estimate of drug-likeness (QED) is 0.736. The summed E-state index contributed by atoms with van der Waals surface area (Å²) in [6.45, 7) is 2.11. The lowest BCUT2D eigenvalue weighted by atomic mass is 10.1. The van der Waals surface area contributed by atoms with E-state index in [1.807, 2.05) is 36.4 Å². The number of anilines is 1. The normalized spacial score (nSPS) is 10.5. The van der Waals surface area contributed by atoms with Crippen LogP contribution in [0.5, 0.6) is 5.75 Å². The van der Waals surface area contributed by atoms with E-state index >= 15 is 0 Å². The molecule has 0 bridgehead atoms. The highest BCUT2D eigenvalue weighted by atomic mass is 16.5. The second-order valence-electron chi connectivity index (χ2n) is 5.70. The van der Waals surface area contributed by atoms with Crippen LogP contribution in [0.3, 0.4) is 0 Å². The van der Waals surface area contributed by atoms with Gasteiger partial charge in [-0.3, -0.25) is 10.1 Å². The molecule has 1 N–H and O–H groups in total. The molecule has 0 radical (unpaired) electrons. The third-order valence-electron chi connectivity index (χ3n) is 3.95. The zero-order valence-electron chi connectivity index (χ0n) is 14.3. The average Bonchev–Trinajstić information content (AvgIpc) is 3.10. The lowest BCUT2D eigenvalue weighted by Gasteiger charge is -2.03. The number of carbonyl (C=O) groups excluding carboxylic acids is 1. The largest absolute Gasteiger partial charge is 0.497 e. The number of carbonyl (C=O) groups is 1. The Bertz CT molecular complexity index is 836. The molecule has 25 heavy (non-hydrogen) atoms. The second-order valence-corrected chi connectivity index (χ2v) is 5.70. The molecule has 1 heterocycles. The first-order chi connectivity index (χ1) is 12.2. The summed E-state index contributed by atoms with van der Waals surface area (Å²) < 4.78 is 10.3. The Balaban J connectivity index is 1.62. The fraction of sp³-hybridized carbons (Fsp3) is 0.200. The summed E-state index contributed by atoms with van der Waals surface area (Å²) >= 11 is 0. The van der Waals surface area contributed by atoms with E-state index in [0.717, 1.165) is 23.3 Å². The van der Waals surface area contributed by atoms with Crippen LogP contribution in [0, 0.1) is 0 Å². The van der Waals surface area contributed by atoms with Crippen molar-refractivity contribution in [2.24, 2.45) is 0 Å². The minimum absolute atomic E-state index is 0.158. The van der Waals surface area contributed by atoms with Crippen molar-refractivity contribution in [3.05, 3.63) is 65.7 Å². The van der Waals surface area contributed by atoms with E-state index in [2.05, 4.69) is 29.5 Å². The summed E-state index contributed by atoms with van der Waals surface area (Å²) in [5, 5.41) is 6.75. The van der Waals surface area contributed by atoms with Crippen molar-refractivity contribution in [3.63, 3.8) is 0 Å². The van der Waals surface area contributed by atoms with E-state index in [0.29, 0.717) is 11.6 Å². The molecule has 3 rings (SSSR count). The standard InChI is InChI=1S/C20H20N2O3/c1-3-14-4-8-16(9-5-14)18-13-20(25-22-18)21-19(23)12-15-6-10-17(24-2)11-7-15/h4-11,13H,3,12H2,1-2H3,(H,21,23). The monoisotopic (exact) mass is 336 g/mol. The summed E-state index contributed by atoms with van der Waals surface area (Å²) in [4.78, 5) is 12.1. The van der Waals surface area contributed by atoms with E-state index in [1.165, 1.54) is 5.56 Å². The number of ether oxygens (including phenoxy) is 1. The predicted molar refractivity (Wildman–Crippen MR) is 96.6 cm³/mol. The Kier molecular flexibility index (Phi) is 5.14. The van der Waals surface area contributed by atoms with E-state index in [-0.39, 0.29) is 12.3 Å². The molecular formula is C20H20N2O3. The highest BCUT2D eigenvalue weighted by Crippen LogP contribution is 2.22. The number of aryl methyl sites for hydroxylation is 1. The molecule has 0 saturated carbocycles. The van der Waals surface area contributed by atoms with Gasteiger partial charge >= 0.3 is 0 Å². The number of rotatable bonds is 6. The molecule has 0 aliphatic heterocycles. The second kappa shape index (κ2) is 7.66. The number of amides is 1. The third kappa shape index (κ3) is 4.26. The summed E-state index contributed by atoms with van der Waals surface area (Å²) in [7, 11) is 1.61. The maximum absolute atomic E-state index is 12.1. The van der Waals surface area contributed by atoms with Gasteiger partial charge in [0.2, 0.25) is 11.8 Å². The van der Waals surface area contributed by atoms with Gasteiger partial charge in [0.05, 0.1) is 13.5 Å². The Morgan fingerprint density at radius 1 is 1.08 bits per heavy atom. The van der Waals surface area contributed by atoms with Gasteiger partial charge in [-0.15, -0.1) is 0 Å². The Morgan fingerprint density at radius 2 is 1.76 bits per heavy atom. The number of aromatic nitrogens is 1. The van der Waals surface area contributed by atoms with Crippen LogP contribution in [0.4, 0.5) is 5.88 Å². The molecular weight excluding hydrogens is 316 g/mol. The molecule has 2 aromatic carbocycles. The molecule has 0 aliphatic rings. The Morgan fingerprint density at radius 3 is 2.40 bits per heavy atom. The molecule has 0 saturated heterocycles. The van der Waals surface area contributed by atoms with Crippen molar-refractivity contribution in [1.82, 2.24) is 5.16 Å². The van der Waals surface area contributed by atoms with Crippen LogP contribution in [-0.4, -0.2) is 18.2 Å². The lowest BCUT2D eigenvalue weighted by molar-refractivity contribution is -0.115. The van der Waals surface area contributed by atoms with Gasteiger partial charge in [0.25, 0.3) is 0 Å². The average molecular weight is 336 g/mol. The molecule has 0 atom stereocenters. The van der Waals surface area contributed by atoms with Gasteiger partial charge < -0.3 is 9.26 Å². The maximum Gasteiger partial charge on any atom is 0.231 e. The zero-order valence-corrected chi connectivity index (χ0v) is 14.3. The molecule has 3 aromatic rings. The first kappa shape index (κ1) is 16.8. The molecule has 0 aliphatic carbocycles. The molecule has 5 nitrogen and oxygen atoms in total. The van der Waals surface area contributed by atoms with Gasteiger partial charge in [-0.2, -0.15) is 0 Å². The van der Waals surface area contributed by atoms with Gasteiger partial charge in [0, 0.05) is 11.6 Å². The van der Waals surface area contributed by atoms with Crippen LogP contribution in [-0.2, 0) is 17.6 Å². The molecule has 0 spiro atoms. The van der Waals surface area contributed by atoms with Crippen LogP contribution >= 0.6 is 0 Å². The minimum Gasteiger partial charge on any atom is -0.497 e. The maximum atomic E-state index is 12.1. The van der Waals surface area contributed by atoms with E-state index in [1.54, 1.807) is 13.2 Å². The van der Waals surface area contributed by atoms with Crippen LogP contribution in [0.1, 0.15) is 18.1 Å². The number of nitrogens with zero attached hydrogens (tertiary/aromatic N) is 1.